The van der Waals surface area contributed by atoms with Crippen molar-refractivity contribution in [3.63, 3.8) is 0 Å². The van der Waals surface area contributed by atoms with E-state index in [2.05, 4.69) is 10.4 Å². The number of nitrogens with zero attached hydrogens (tertiary/aromatic N) is 2. The topological polar surface area (TPSA) is 29.9 Å². The van der Waals surface area contributed by atoms with E-state index in [0.29, 0.717) is 22.8 Å². The highest BCUT2D eigenvalue weighted by molar-refractivity contribution is 6.31. The Labute approximate surface area is 103 Å². The number of hydrogen-bond acceptors (Lipinski definition) is 2. The van der Waals surface area contributed by atoms with Gasteiger partial charge in [0.15, 0.2) is 0 Å². The summed E-state index contributed by atoms with van der Waals surface area (Å²) < 4.78 is 39.3. The summed E-state index contributed by atoms with van der Waals surface area (Å²) in [7, 11) is 2.88. The van der Waals surface area contributed by atoms with E-state index in [1.54, 1.807) is 7.05 Å². The van der Waals surface area contributed by atoms with Gasteiger partial charge in [-0.25, -0.2) is 0 Å². The van der Waals surface area contributed by atoms with E-state index in [4.69, 9.17) is 11.6 Å². The van der Waals surface area contributed by atoms with E-state index in [-0.39, 0.29) is 6.42 Å². The average Bonchev–Trinajstić information content (AvgIpc) is 2.49. The fourth-order valence-electron chi connectivity index (χ4n) is 1.62. The number of rotatable bonds is 4. The fraction of sp³-hybridized carbons (Fsp3) is 0.700. The van der Waals surface area contributed by atoms with Crippen LogP contribution < -0.4 is 5.32 Å². The summed E-state index contributed by atoms with van der Waals surface area (Å²) in [6.07, 6.45) is -3.92. The van der Waals surface area contributed by atoms with Gasteiger partial charge in [0, 0.05) is 13.5 Å². The van der Waals surface area contributed by atoms with Gasteiger partial charge in [0.05, 0.1) is 16.4 Å². The van der Waals surface area contributed by atoms with Crippen molar-refractivity contribution in [2.75, 3.05) is 7.05 Å². The Hall–Kier alpha value is -0.750. The molecule has 1 unspecified atom stereocenters. The molecule has 1 atom stereocenters. The molecule has 1 aromatic heterocycles. The molecule has 3 nitrogen and oxygen atoms in total. The van der Waals surface area contributed by atoms with Gasteiger partial charge in [0.1, 0.15) is 6.04 Å². The third-order valence-electron chi connectivity index (χ3n) is 2.64. The highest BCUT2D eigenvalue weighted by Crippen LogP contribution is 2.27. The molecule has 0 bridgehead atoms. The lowest BCUT2D eigenvalue weighted by Gasteiger charge is -2.19. The van der Waals surface area contributed by atoms with Crippen LogP contribution in [0, 0.1) is 0 Å². The van der Waals surface area contributed by atoms with Crippen molar-refractivity contribution < 1.29 is 13.2 Å². The van der Waals surface area contributed by atoms with Crippen LogP contribution in [0.5, 0.6) is 0 Å². The Morgan fingerprint density at radius 2 is 2.06 bits per heavy atom. The van der Waals surface area contributed by atoms with E-state index >= 15 is 0 Å². The number of hydrogen-bond donors (Lipinski definition) is 1. The van der Waals surface area contributed by atoms with Gasteiger partial charge in [-0.05, 0) is 13.5 Å². The Balaban J connectivity index is 2.98. The molecule has 0 saturated carbocycles. The summed E-state index contributed by atoms with van der Waals surface area (Å²) in [6, 6.07) is -1.61. The predicted molar refractivity (Wildman–Crippen MR) is 60.2 cm³/mol. The molecular formula is C10H15ClF3N3. The van der Waals surface area contributed by atoms with Gasteiger partial charge in [0.2, 0.25) is 0 Å². The molecule has 7 heteroatoms. The summed E-state index contributed by atoms with van der Waals surface area (Å²) in [5, 5.41) is 6.67. The third kappa shape index (κ3) is 3.13. The zero-order valence-corrected chi connectivity index (χ0v) is 10.7. The largest absolute Gasteiger partial charge is 0.404 e. The number of likely N-dealkylation sites (N-methyl/N-ethyl adjacent to an activating group) is 1. The van der Waals surface area contributed by atoms with E-state index in [0.717, 1.165) is 0 Å². The maximum absolute atomic E-state index is 12.6. The maximum Gasteiger partial charge on any atom is 0.404 e. The molecule has 1 N–H and O–H groups in total. The lowest BCUT2D eigenvalue weighted by Crippen LogP contribution is -2.42. The van der Waals surface area contributed by atoms with Crippen LogP contribution in [0.3, 0.4) is 0 Å². The molecular weight excluding hydrogens is 255 g/mol. The molecule has 1 aromatic rings. The van der Waals surface area contributed by atoms with Crippen LogP contribution >= 0.6 is 11.6 Å². The average molecular weight is 270 g/mol. The van der Waals surface area contributed by atoms with Crippen molar-refractivity contribution in [2.45, 2.75) is 32.0 Å². The summed E-state index contributed by atoms with van der Waals surface area (Å²) >= 11 is 6.00. The molecule has 0 spiro atoms. The first-order chi connectivity index (χ1) is 7.81. The van der Waals surface area contributed by atoms with Crippen molar-refractivity contribution in [3.05, 3.63) is 16.4 Å². The van der Waals surface area contributed by atoms with E-state index in [1.165, 1.54) is 11.7 Å². The predicted octanol–water partition coefficient (Wildman–Crippen LogP) is 2.33. The van der Waals surface area contributed by atoms with Crippen molar-refractivity contribution in [3.8, 4) is 0 Å². The first-order valence-corrected chi connectivity index (χ1v) is 5.63. The highest BCUT2D eigenvalue weighted by atomic mass is 35.5. The molecule has 98 valence electrons. The molecule has 0 aromatic carbocycles. The van der Waals surface area contributed by atoms with Crippen LogP contribution in [-0.2, 0) is 19.9 Å². The van der Waals surface area contributed by atoms with Crippen molar-refractivity contribution in [1.82, 2.24) is 15.1 Å². The number of aromatic nitrogens is 2. The van der Waals surface area contributed by atoms with Gasteiger partial charge in [-0.1, -0.05) is 18.5 Å². The minimum atomic E-state index is -4.30. The lowest BCUT2D eigenvalue weighted by molar-refractivity contribution is -0.154. The minimum absolute atomic E-state index is 0.220. The standard InChI is InChI=1S/C10H15ClF3N3/c1-4-6-9(11)7(17(3)16-6)5-8(15-2)10(12,13)14/h8,15H,4-5H2,1-3H3. The van der Waals surface area contributed by atoms with Gasteiger partial charge in [-0.15, -0.1) is 0 Å². The smallest absolute Gasteiger partial charge is 0.309 e. The number of alkyl halides is 3. The molecule has 1 heterocycles. The van der Waals surface area contributed by atoms with Crippen LogP contribution in [0.1, 0.15) is 18.3 Å². The second kappa shape index (κ2) is 5.27. The first-order valence-electron chi connectivity index (χ1n) is 5.25. The van der Waals surface area contributed by atoms with Gasteiger partial charge in [-0.2, -0.15) is 18.3 Å². The van der Waals surface area contributed by atoms with Crippen molar-refractivity contribution in [1.29, 1.82) is 0 Å². The van der Waals surface area contributed by atoms with Crippen LogP contribution in [0.2, 0.25) is 5.02 Å². The Morgan fingerprint density at radius 1 is 1.47 bits per heavy atom. The second-order valence-electron chi connectivity index (χ2n) is 3.77. The summed E-state index contributed by atoms with van der Waals surface area (Å²) in [4.78, 5) is 0. The van der Waals surface area contributed by atoms with Gasteiger partial charge < -0.3 is 5.32 Å². The molecule has 0 aliphatic rings. The highest BCUT2D eigenvalue weighted by Gasteiger charge is 2.39. The van der Waals surface area contributed by atoms with E-state index < -0.39 is 12.2 Å². The van der Waals surface area contributed by atoms with Gasteiger partial charge in [0.25, 0.3) is 0 Å². The second-order valence-corrected chi connectivity index (χ2v) is 4.15. The number of halogens is 4. The Bertz CT molecular complexity index is 387. The molecule has 0 radical (unpaired) electrons. The van der Waals surface area contributed by atoms with Crippen LogP contribution in [-0.4, -0.2) is 29.0 Å². The van der Waals surface area contributed by atoms with Crippen molar-refractivity contribution in [2.24, 2.45) is 7.05 Å². The zero-order chi connectivity index (χ0) is 13.2. The Morgan fingerprint density at radius 3 is 2.41 bits per heavy atom. The normalized spacial score (nSPS) is 14.1. The molecule has 0 aliphatic carbocycles. The summed E-state index contributed by atoms with van der Waals surface area (Å²) in [6.45, 7) is 1.86. The van der Waals surface area contributed by atoms with E-state index in [1.807, 2.05) is 6.92 Å². The molecule has 0 amide bonds. The number of aryl methyl sites for hydroxylation is 2. The molecule has 1 rings (SSSR count). The van der Waals surface area contributed by atoms with E-state index in [9.17, 15) is 13.2 Å². The monoisotopic (exact) mass is 269 g/mol. The summed E-state index contributed by atoms with van der Waals surface area (Å²) in [5.41, 5.74) is 1.03. The fourth-order valence-corrected chi connectivity index (χ4v) is 1.99. The van der Waals surface area contributed by atoms with Crippen LogP contribution in [0.25, 0.3) is 0 Å². The van der Waals surface area contributed by atoms with Gasteiger partial charge >= 0.3 is 6.18 Å². The number of nitrogens with one attached hydrogen (secondary N) is 1. The maximum atomic E-state index is 12.6. The van der Waals surface area contributed by atoms with Gasteiger partial charge in [-0.3, -0.25) is 4.68 Å². The van der Waals surface area contributed by atoms with Crippen LogP contribution in [0.4, 0.5) is 13.2 Å². The molecule has 0 saturated heterocycles. The molecule has 17 heavy (non-hydrogen) atoms. The van der Waals surface area contributed by atoms with Crippen molar-refractivity contribution >= 4 is 11.6 Å². The quantitative estimate of drug-likeness (QED) is 0.909. The Kier molecular flexibility index (Phi) is 4.43. The summed E-state index contributed by atoms with van der Waals surface area (Å²) in [5.74, 6) is 0. The van der Waals surface area contributed by atoms with Crippen LogP contribution in [0.15, 0.2) is 0 Å². The lowest BCUT2D eigenvalue weighted by atomic mass is 10.1. The zero-order valence-electron chi connectivity index (χ0n) is 9.90. The minimum Gasteiger partial charge on any atom is -0.309 e. The SMILES string of the molecule is CCc1nn(C)c(CC(NC)C(F)(F)F)c1Cl. The first kappa shape index (κ1) is 14.3. The molecule has 0 aliphatic heterocycles. The molecule has 0 fully saturated rings. The third-order valence-corrected chi connectivity index (χ3v) is 3.08.